The Morgan fingerprint density at radius 3 is 3.00 bits per heavy atom. The van der Waals surface area contributed by atoms with Crippen LogP contribution in [0.5, 0.6) is 0 Å². The Kier molecular flexibility index (Phi) is 5.19. The van der Waals surface area contributed by atoms with Gasteiger partial charge in [0.05, 0.1) is 17.5 Å². The minimum atomic E-state index is 0.168. The number of aryl methyl sites for hydroxylation is 1. The number of rotatable bonds is 6. The normalized spacial score (nSPS) is 19.1. The van der Waals surface area contributed by atoms with Gasteiger partial charge in [-0.1, -0.05) is 13.8 Å². The van der Waals surface area contributed by atoms with E-state index in [4.69, 9.17) is 8.83 Å². The molecular formula is C19H26N2O3. The van der Waals surface area contributed by atoms with E-state index in [2.05, 4.69) is 23.7 Å². The number of furan rings is 1. The van der Waals surface area contributed by atoms with Crippen LogP contribution in [0.4, 0.5) is 0 Å². The number of ketones is 1. The van der Waals surface area contributed by atoms with Crippen LogP contribution >= 0.6 is 0 Å². The topological polar surface area (TPSA) is 59.5 Å². The first kappa shape index (κ1) is 17.0. The number of carbonyl (C=O) groups is 1. The van der Waals surface area contributed by atoms with Gasteiger partial charge in [-0.25, -0.2) is 4.98 Å². The summed E-state index contributed by atoms with van der Waals surface area (Å²) in [7, 11) is 0. The van der Waals surface area contributed by atoms with Gasteiger partial charge in [-0.3, -0.25) is 9.69 Å². The summed E-state index contributed by atoms with van der Waals surface area (Å²) in [6, 6.07) is 1.84. The van der Waals surface area contributed by atoms with Gasteiger partial charge in [0.25, 0.3) is 0 Å². The van der Waals surface area contributed by atoms with Crippen molar-refractivity contribution in [2.75, 3.05) is 13.1 Å². The second-order valence-corrected chi connectivity index (χ2v) is 7.17. The van der Waals surface area contributed by atoms with Crippen LogP contribution in [0.3, 0.4) is 0 Å². The van der Waals surface area contributed by atoms with Crippen LogP contribution in [0, 0.1) is 18.8 Å². The summed E-state index contributed by atoms with van der Waals surface area (Å²) in [5, 5.41) is 0. The molecule has 5 nitrogen and oxygen atoms in total. The van der Waals surface area contributed by atoms with E-state index in [0.717, 1.165) is 49.5 Å². The molecule has 0 radical (unpaired) electrons. The van der Waals surface area contributed by atoms with Gasteiger partial charge in [0.2, 0.25) is 5.89 Å². The van der Waals surface area contributed by atoms with Gasteiger partial charge in [0.15, 0.2) is 0 Å². The zero-order valence-corrected chi connectivity index (χ0v) is 14.7. The SMILES string of the molecule is Cc1oc(-c2ccoc2)nc1CN1CCCC(C(=O)CC(C)C)C1. The van der Waals surface area contributed by atoms with Crippen molar-refractivity contribution in [1.29, 1.82) is 0 Å². The van der Waals surface area contributed by atoms with Gasteiger partial charge in [0.1, 0.15) is 17.8 Å². The molecule has 0 amide bonds. The maximum Gasteiger partial charge on any atom is 0.229 e. The molecule has 1 aliphatic heterocycles. The Morgan fingerprint density at radius 1 is 1.46 bits per heavy atom. The third-order valence-electron chi connectivity index (χ3n) is 4.60. The molecule has 2 aromatic heterocycles. The fourth-order valence-electron chi connectivity index (χ4n) is 3.33. The standard InChI is InChI=1S/C19H26N2O3/c1-13(2)9-18(22)15-5-4-7-21(10-15)11-17-14(3)24-19(20-17)16-6-8-23-12-16/h6,8,12-13,15H,4-5,7,9-11H2,1-3H3. The Labute approximate surface area is 143 Å². The summed E-state index contributed by atoms with van der Waals surface area (Å²) < 4.78 is 10.9. The molecule has 1 saturated heterocycles. The Hall–Kier alpha value is -1.88. The van der Waals surface area contributed by atoms with E-state index in [0.29, 0.717) is 24.0 Å². The molecule has 24 heavy (non-hydrogen) atoms. The number of piperidine rings is 1. The van der Waals surface area contributed by atoms with E-state index >= 15 is 0 Å². The monoisotopic (exact) mass is 330 g/mol. The van der Waals surface area contributed by atoms with Crippen molar-refractivity contribution >= 4 is 5.78 Å². The van der Waals surface area contributed by atoms with Crippen LogP contribution in [-0.4, -0.2) is 28.8 Å². The molecule has 1 aliphatic rings. The van der Waals surface area contributed by atoms with E-state index in [1.54, 1.807) is 12.5 Å². The third kappa shape index (κ3) is 3.96. The molecule has 1 atom stereocenters. The zero-order chi connectivity index (χ0) is 17.1. The molecule has 0 bridgehead atoms. The summed E-state index contributed by atoms with van der Waals surface area (Å²) in [5.41, 5.74) is 1.80. The summed E-state index contributed by atoms with van der Waals surface area (Å²) in [4.78, 5) is 19.3. The molecule has 0 aromatic carbocycles. The second-order valence-electron chi connectivity index (χ2n) is 7.17. The molecule has 0 N–H and O–H groups in total. The van der Waals surface area contributed by atoms with Crippen molar-refractivity contribution in [2.45, 2.75) is 46.6 Å². The molecular weight excluding hydrogens is 304 g/mol. The molecule has 0 aliphatic carbocycles. The first-order valence-electron chi connectivity index (χ1n) is 8.77. The lowest BCUT2D eigenvalue weighted by atomic mass is 9.89. The molecule has 2 aromatic rings. The van der Waals surface area contributed by atoms with Crippen molar-refractivity contribution in [3.63, 3.8) is 0 Å². The van der Waals surface area contributed by atoms with Crippen LogP contribution < -0.4 is 0 Å². The second kappa shape index (κ2) is 7.34. The largest absolute Gasteiger partial charge is 0.472 e. The number of hydrogen-bond donors (Lipinski definition) is 0. The maximum atomic E-state index is 12.4. The highest BCUT2D eigenvalue weighted by atomic mass is 16.4. The third-order valence-corrected chi connectivity index (χ3v) is 4.60. The molecule has 0 saturated carbocycles. The van der Waals surface area contributed by atoms with Crippen LogP contribution in [0.15, 0.2) is 27.4 Å². The van der Waals surface area contributed by atoms with Crippen molar-refractivity contribution in [2.24, 2.45) is 11.8 Å². The lowest BCUT2D eigenvalue weighted by molar-refractivity contribution is -0.125. The minimum absolute atomic E-state index is 0.168. The van der Waals surface area contributed by atoms with Gasteiger partial charge in [-0.2, -0.15) is 0 Å². The van der Waals surface area contributed by atoms with Gasteiger partial charge in [0, 0.05) is 25.4 Å². The van der Waals surface area contributed by atoms with Crippen LogP contribution in [-0.2, 0) is 11.3 Å². The lowest BCUT2D eigenvalue weighted by Crippen LogP contribution is -2.38. The van der Waals surface area contributed by atoms with E-state index in [9.17, 15) is 4.79 Å². The first-order chi connectivity index (χ1) is 11.5. The number of hydrogen-bond acceptors (Lipinski definition) is 5. The quantitative estimate of drug-likeness (QED) is 0.799. The minimum Gasteiger partial charge on any atom is -0.472 e. The van der Waals surface area contributed by atoms with E-state index < -0.39 is 0 Å². The predicted molar refractivity (Wildman–Crippen MR) is 91.4 cm³/mol. The average molecular weight is 330 g/mol. The summed E-state index contributed by atoms with van der Waals surface area (Å²) in [5.74, 6) is 2.44. The summed E-state index contributed by atoms with van der Waals surface area (Å²) in [6.07, 6.45) is 6.02. The maximum absolute atomic E-state index is 12.4. The van der Waals surface area contributed by atoms with Crippen LogP contribution in [0.25, 0.3) is 11.5 Å². The van der Waals surface area contributed by atoms with Gasteiger partial charge < -0.3 is 8.83 Å². The van der Waals surface area contributed by atoms with Gasteiger partial charge in [-0.05, 0) is 38.3 Å². The number of carbonyl (C=O) groups excluding carboxylic acids is 1. The fourth-order valence-corrected chi connectivity index (χ4v) is 3.33. The molecule has 3 rings (SSSR count). The van der Waals surface area contributed by atoms with Crippen molar-refractivity contribution < 1.29 is 13.6 Å². The van der Waals surface area contributed by atoms with Crippen LogP contribution in [0.2, 0.25) is 0 Å². The lowest BCUT2D eigenvalue weighted by Gasteiger charge is -2.31. The molecule has 1 unspecified atom stereocenters. The molecule has 0 spiro atoms. The van der Waals surface area contributed by atoms with E-state index in [1.165, 1.54) is 0 Å². The van der Waals surface area contributed by atoms with Crippen LogP contribution in [0.1, 0.15) is 44.6 Å². The highest BCUT2D eigenvalue weighted by molar-refractivity contribution is 5.81. The molecule has 5 heteroatoms. The number of nitrogens with zero attached hydrogens (tertiary/aromatic N) is 2. The fraction of sp³-hybridized carbons (Fsp3) is 0.579. The highest BCUT2D eigenvalue weighted by Crippen LogP contribution is 2.25. The van der Waals surface area contributed by atoms with Crippen molar-refractivity contribution in [3.05, 3.63) is 30.0 Å². The molecule has 3 heterocycles. The van der Waals surface area contributed by atoms with E-state index in [-0.39, 0.29) is 5.92 Å². The van der Waals surface area contributed by atoms with E-state index in [1.807, 2.05) is 13.0 Å². The summed E-state index contributed by atoms with van der Waals surface area (Å²) in [6.45, 7) is 8.73. The molecule has 1 fully saturated rings. The Bertz CT molecular complexity index is 673. The summed E-state index contributed by atoms with van der Waals surface area (Å²) >= 11 is 0. The smallest absolute Gasteiger partial charge is 0.229 e. The first-order valence-corrected chi connectivity index (χ1v) is 8.77. The average Bonchev–Trinajstić information content (AvgIpc) is 3.17. The van der Waals surface area contributed by atoms with Gasteiger partial charge >= 0.3 is 0 Å². The number of oxazole rings is 1. The number of Topliss-reactive ketones (excluding diaryl/α,β-unsaturated/α-hetero) is 1. The highest BCUT2D eigenvalue weighted by Gasteiger charge is 2.27. The van der Waals surface area contributed by atoms with Crippen molar-refractivity contribution in [3.8, 4) is 11.5 Å². The number of aromatic nitrogens is 1. The zero-order valence-electron chi connectivity index (χ0n) is 14.7. The predicted octanol–water partition coefficient (Wildman–Crippen LogP) is 4.07. The number of likely N-dealkylation sites (tertiary alicyclic amines) is 1. The molecule has 130 valence electrons. The van der Waals surface area contributed by atoms with Gasteiger partial charge in [-0.15, -0.1) is 0 Å². The Morgan fingerprint density at radius 2 is 2.29 bits per heavy atom. The van der Waals surface area contributed by atoms with Crippen molar-refractivity contribution in [1.82, 2.24) is 9.88 Å². The Balaban J connectivity index is 1.64.